The normalized spacial score (nSPS) is 12.7. The average molecular weight is 316 g/mol. The molecule has 0 spiro atoms. The summed E-state index contributed by atoms with van der Waals surface area (Å²) >= 11 is 9.55. The molecule has 4 nitrogen and oxygen atoms in total. The van der Waals surface area contributed by atoms with Crippen LogP contribution in [0.25, 0.3) is 0 Å². The Kier molecular flexibility index (Phi) is 3.83. The van der Waals surface area contributed by atoms with E-state index in [9.17, 15) is 0 Å². The molecule has 0 saturated carbocycles. The summed E-state index contributed by atoms with van der Waals surface area (Å²) in [6, 6.07) is 7.70. The Labute approximate surface area is 113 Å². The predicted molar refractivity (Wildman–Crippen MR) is 71.5 cm³/mol. The quantitative estimate of drug-likeness (QED) is 0.675. The van der Waals surface area contributed by atoms with Crippen molar-refractivity contribution in [2.45, 2.75) is 6.04 Å². The Bertz CT molecular complexity index is 506. The second-order valence-corrected chi connectivity index (χ2v) is 4.98. The van der Waals surface area contributed by atoms with E-state index in [4.69, 9.17) is 17.4 Å². The molecule has 1 unspecified atom stereocenters. The van der Waals surface area contributed by atoms with Gasteiger partial charge in [-0.15, -0.1) is 0 Å². The Morgan fingerprint density at radius 1 is 1.53 bits per heavy atom. The summed E-state index contributed by atoms with van der Waals surface area (Å²) in [5, 5.41) is 4.70. The topological polar surface area (TPSA) is 55.9 Å². The Hall–Kier alpha value is -0.880. The molecule has 3 N–H and O–H groups in total. The van der Waals surface area contributed by atoms with Crippen molar-refractivity contribution in [3.05, 3.63) is 51.2 Å². The molecule has 2 rings (SSSR count). The van der Waals surface area contributed by atoms with Gasteiger partial charge < -0.3 is 0 Å². The first-order chi connectivity index (χ1) is 8.13. The van der Waals surface area contributed by atoms with E-state index < -0.39 is 0 Å². The van der Waals surface area contributed by atoms with Gasteiger partial charge in [-0.25, -0.2) is 5.43 Å². The highest BCUT2D eigenvalue weighted by atomic mass is 79.9. The van der Waals surface area contributed by atoms with E-state index in [-0.39, 0.29) is 6.04 Å². The number of nitrogens with one attached hydrogen (secondary N) is 1. The van der Waals surface area contributed by atoms with Crippen LogP contribution in [0.5, 0.6) is 0 Å². The monoisotopic (exact) mass is 314 g/mol. The van der Waals surface area contributed by atoms with Gasteiger partial charge in [0.2, 0.25) is 0 Å². The van der Waals surface area contributed by atoms with Gasteiger partial charge in [-0.1, -0.05) is 39.7 Å². The molecule has 0 aliphatic carbocycles. The maximum Gasteiger partial charge on any atom is 0.0893 e. The van der Waals surface area contributed by atoms with Crippen molar-refractivity contribution in [1.29, 1.82) is 0 Å². The number of nitrogens with zero attached hydrogens (tertiary/aromatic N) is 2. The van der Waals surface area contributed by atoms with Crippen LogP contribution in [-0.2, 0) is 7.05 Å². The number of aromatic nitrogens is 2. The molecule has 1 aromatic carbocycles. The highest BCUT2D eigenvalue weighted by Gasteiger charge is 2.19. The molecule has 0 aliphatic rings. The Balaban J connectivity index is 2.47. The molecular formula is C11H12BrClN4. The lowest BCUT2D eigenvalue weighted by Crippen LogP contribution is -2.30. The SMILES string of the molecule is Cn1ncc(Cl)c1C(NN)c1cccc(Br)c1. The number of benzene rings is 1. The summed E-state index contributed by atoms with van der Waals surface area (Å²) in [6.45, 7) is 0. The number of hydrogen-bond acceptors (Lipinski definition) is 3. The van der Waals surface area contributed by atoms with Crippen LogP contribution in [-0.4, -0.2) is 9.78 Å². The molecule has 0 aliphatic heterocycles. The lowest BCUT2D eigenvalue weighted by Gasteiger charge is -2.17. The average Bonchev–Trinajstić information content (AvgIpc) is 2.62. The van der Waals surface area contributed by atoms with Gasteiger partial charge in [-0.2, -0.15) is 5.10 Å². The third-order valence-electron chi connectivity index (χ3n) is 2.56. The Morgan fingerprint density at radius 2 is 2.29 bits per heavy atom. The molecule has 2 aromatic rings. The van der Waals surface area contributed by atoms with Crippen molar-refractivity contribution < 1.29 is 0 Å². The summed E-state index contributed by atoms with van der Waals surface area (Å²) in [4.78, 5) is 0. The van der Waals surface area contributed by atoms with Crippen LogP contribution in [0.2, 0.25) is 5.02 Å². The van der Waals surface area contributed by atoms with Gasteiger partial charge in [0.15, 0.2) is 0 Å². The van der Waals surface area contributed by atoms with Crippen LogP contribution < -0.4 is 11.3 Å². The molecule has 0 bridgehead atoms. The first-order valence-corrected chi connectivity index (χ1v) is 6.19. The number of nitrogens with two attached hydrogens (primary N) is 1. The smallest absolute Gasteiger partial charge is 0.0893 e. The number of rotatable bonds is 3. The fourth-order valence-electron chi connectivity index (χ4n) is 1.76. The zero-order valence-corrected chi connectivity index (χ0v) is 11.5. The standard InChI is InChI=1S/C11H12BrClN4/c1-17-11(9(13)6-15-17)10(16-14)7-3-2-4-8(12)5-7/h2-6,10,16H,14H2,1H3. The molecule has 6 heteroatoms. The zero-order chi connectivity index (χ0) is 12.4. The van der Waals surface area contributed by atoms with E-state index in [1.807, 2.05) is 31.3 Å². The summed E-state index contributed by atoms with van der Waals surface area (Å²) in [5.41, 5.74) is 4.62. The van der Waals surface area contributed by atoms with Crippen molar-refractivity contribution in [3.8, 4) is 0 Å². The summed E-state index contributed by atoms with van der Waals surface area (Å²) in [6.07, 6.45) is 1.61. The minimum atomic E-state index is -0.188. The molecular weight excluding hydrogens is 304 g/mol. The maximum atomic E-state index is 6.12. The van der Waals surface area contributed by atoms with Gasteiger partial charge in [-0.05, 0) is 17.7 Å². The number of aryl methyl sites for hydroxylation is 1. The van der Waals surface area contributed by atoms with E-state index in [1.165, 1.54) is 0 Å². The third kappa shape index (κ3) is 2.52. The molecule has 0 amide bonds. The molecule has 1 atom stereocenters. The molecule has 90 valence electrons. The summed E-state index contributed by atoms with van der Waals surface area (Å²) in [7, 11) is 1.84. The second-order valence-electron chi connectivity index (χ2n) is 3.66. The molecule has 0 radical (unpaired) electrons. The van der Waals surface area contributed by atoms with Crippen LogP contribution >= 0.6 is 27.5 Å². The van der Waals surface area contributed by atoms with Crippen LogP contribution in [0.4, 0.5) is 0 Å². The third-order valence-corrected chi connectivity index (χ3v) is 3.34. The van der Waals surface area contributed by atoms with Gasteiger partial charge in [-0.3, -0.25) is 10.5 Å². The van der Waals surface area contributed by atoms with E-state index in [1.54, 1.807) is 10.9 Å². The second kappa shape index (κ2) is 5.18. The van der Waals surface area contributed by atoms with E-state index in [0.29, 0.717) is 5.02 Å². The van der Waals surface area contributed by atoms with E-state index in [0.717, 1.165) is 15.7 Å². The van der Waals surface area contributed by atoms with Gasteiger partial charge in [0.1, 0.15) is 0 Å². The van der Waals surface area contributed by atoms with Gasteiger partial charge >= 0.3 is 0 Å². The number of halogens is 2. The largest absolute Gasteiger partial charge is 0.271 e. The van der Waals surface area contributed by atoms with Crippen molar-refractivity contribution >= 4 is 27.5 Å². The summed E-state index contributed by atoms with van der Waals surface area (Å²) in [5.74, 6) is 5.62. The highest BCUT2D eigenvalue weighted by Crippen LogP contribution is 2.28. The summed E-state index contributed by atoms with van der Waals surface area (Å²) < 4.78 is 2.71. The fraction of sp³-hybridized carbons (Fsp3) is 0.182. The first-order valence-electron chi connectivity index (χ1n) is 5.02. The predicted octanol–water partition coefficient (Wildman–Crippen LogP) is 2.39. The van der Waals surface area contributed by atoms with E-state index >= 15 is 0 Å². The first kappa shape index (κ1) is 12.6. The lowest BCUT2D eigenvalue weighted by atomic mass is 10.0. The minimum Gasteiger partial charge on any atom is -0.271 e. The Morgan fingerprint density at radius 3 is 2.82 bits per heavy atom. The molecule has 17 heavy (non-hydrogen) atoms. The van der Waals surface area contributed by atoms with Gasteiger partial charge in [0, 0.05) is 11.5 Å². The highest BCUT2D eigenvalue weighted by molar-refractivity contribution is 9.10. The molecule has 0 saturated heterocycles. The van der Waals surface area contributed by atoms with Crippen molar-refractivity contribution in [1.82, 2.24) is 15.2 Å². The van der Waals surface area contributed by atoms with E-state index in [2.05, 4.69) is 26.5 Å². The molecule has 1 aromatic heterocycles. The number of hydrogen-bond donors (Lipinski definition) is 2. The zero-order valence-electron chi connectivity index (χ0n) is 9.19. The molecule has 0 fully saturated rings. The van der Waals surface area contributed by atoms with Gasteiger partial charge in [0.25, 0.3) is 0 Å². The van der Waals surface area contributed by atoms with Crippen molar-refractivity contribution in [2.24, 2.45) is 12.9 Å². The molecule has 1 heterocycles. The van der Waals surface area contributed by atoms with Crippen molar-refractivity contribution in [2.75, 3.05) is 0 Å². The van der Waals surface area contributed by atoms with Crippen LogP contribution in [0.15, 0.2) is 34.9 Å². The fourth-order valence-corrected chi connectivity index (χ4v) is 2.46. The minimum absolute atomic E-state index is 0.188. The van der Waals surface area contributed by atoms with Crippen LogP contribution in [0.3, 0.4) is 0 Å². The number of hydrazine groups is 1. The lowest BCUT2D eigenvalue weighted by molar-refractivity contribution is 0.575. The van der Waals surface area contributed by atoms with Crippen LogP contribution in [0.1, 0.15) is 17.3 Å². The van der Waals surface area contributed by atoms with Gasteiger partial charge in [0.05, 0.1) is 23.0 Å². The maximum absolute atomic E-state index is 6.12. The van der Waals surface area contributed by atoms with Crippen molar-refractivity contribution in [3.63, 3.8) is 0 Å². The van der Waals surface area contributed by atoms with Crippen LogP contribution in [0, 0.1) is 0 Å².